The van der Waals surface area contributed by atoms with E-state index in [1.165, 1.54) is 12.1 Å². The lowest BCUT2D eigenvalue weighted by molar-refractivity contribution is 0.136. The molecule has 0 fully saturated rings. The lowest BCUT2D eigenvalue weighted by Crippen LogP contribution is -2.46. The van der Waals surface area contributed by atoms with Gasteiger partial charge in [0.05, 0.1) is 11.6 Å². The third kappa shape index (κ3) is 4.87. The fraction of sp³-hybridized carbons (Fsp3) is 0.346. The van der Waals surface area contributed by atoms with Crippen molar-refractivity contribution in [1.82, 2.24) is 20.4 Å². The van der Waals surface area contributed by atoms with E-state index >= 15 is 0 Å². The van der Waals surface area contributed by atoms with Gasteiger partial charge in [0, 0.05) is 31.0 Å². The number of aromatic nitrogens is 2. The van der Waals surface area contributed by atoms with E-state index in [0.29, 0.717) is 31.7 Å². The molecule has 2 amide bonds. The summed E-state index contributed by atoms with van der Waals surface area (Å²) in [4.78, 5) is 19.3. The molecule has 2 aromatic carbocycles. The van der Waals surface area contributed by atoms with Gasteiger partial charge in [-0.3, -0.25) is 4.90 Å². The van der Waals surface area contributed by atoms with E-state index in [2.05, 4.69) is 21.5 Å². The molecule has 3 aromatic rings. The topological polar surface area (TPSA) is 80.5 Å². The standard InChI is InChI=1S/C26H29FN4O3/c1-5-33-13-7-12-31-18(4)22(23(28-26(31)32)19-11-10-16(2)17(3)14-19)25-29-24(30-34-25)20-8-6-9-21(27)15-20/h6,8-11,14-15,23H,5,7,12-13H2,1-4H3,(H,28,32). The largest absolute Gasteiger partial charge is 0.382 e. The van der Waals surface area contributed by atoms with Crippen LogP contribution in [0.2, 0.25) is 0 Å². The molecule has 0 radical (unpaired) electrons. The summed E-state index contributed by atoms with van der Waals surface area (Å²) in [7, 11) is 0. The second-order valence-corrected chi connectivity index (χ2v) is 8.36. The molecule has 1 aliphatic heterocycles. The van der Waals surface area contributed by atoms with E-state index in [4.69, 9.17) is 9.26 Å². The summed E-state index contributed by atoms with van der Waals surface area (Å²) in [5, 5.41) is 7.20. The van der Waals surface area contributed by atoms with Crippen LogP contribution >= 0.6 is 0 Å². The van der Waals surface area contributed by atoms with Gasteiger partial charge in [-0.1, -0.05) is 35.5 Å². The molecule has 1 N–H and O–H groups in total. The van der Waals surface area contributed by atoms with Crippen LogP contribution in [0.4, 0.5) is 9.18 Å². The van der Waals surface area contributed by atoms with Gasteiger partial charge >= 0.3 is 6.03 Å². The minimum atomic E-state index is -0.462. The number of carbonyl (C=O) groups excluding carboxylic acids is 1. The molecule has 0 spiro atoms. The third-order valence-electron chi connectivity index (χ3n) is 6.07. The highest BCUT2D eigenvalue weighted by atomic mass is 19.1. The number of carbonyl (C=O) groups is 1. The van der Waals surface area contributed by atoms with Crippen LogP contribution < -0.4 is 5.32 Å². The number of rotatable bonds is 8. The van der Waals surface area contributed by atoms with Gasteiger partial charge in [-0.25, -0.2) is 9.18 Å². The van der Waals surface area contributed by atoms with Crippen molar-refractivity contribution in [3.05, 3.63) is 76.6 Å². The van der Waals surface area contributed by atoms with E-state index in [1.807, 2.05) is 39.8 Å². The number of nitrogens with one attached hydrogen (secondary N) is 1. The lowest BCUT2D eigenvalue weighted by Gasteiger charge is -2.35. The normalized spacial score (nSPS) is 16.2. The van der Waals surface area contributed by atoms with Crippen LogP contribution in [0.25, 0.3) is 17.0 Å². The predicted molar refractivity (Wildman–Crippen MR) is 127 cm³/mol. The quantitative estimate of drug-likeness (QED) is 0.451. The number of hydrogen-bond donors (Lipinski definition) is 1. The van der Waals surface area contributed by atoms with E-state index in [-0.39, 0.29) is 23.6 Å². The SMILES string of the molecule is CCOCCCN1C(=O)NC(c2ccc(C)c(C)c2)C(c2nc(-c3cccc(F)c3)no2)=C1C. The molecular formula is C26H29FN4O3. The summed E-state index contributed by atoms with van der Waals surface area (Å²) in [5.74, 6) is 0.195. The monoisotopic (exact) mass is 464 g/mol. The van der Waals surface area contributed by atoms with Crippen molar-refractivity contribution >= 4 is 11.6 Å². The van der Waals surface area contributed by atoms with Crippen molar-refractivity contribution < 1.29 is 18.4 Å². The lowest BCUT2D eigenvalue weighted by atomic mass is 9.92. The summed E-state index contributed by atoms with van der Waals surface area (Å²) in [5.41, 5.74) is 5.17. The Morgan fingerprint density at radius 2 is 1.97 bits per heavy atom. The molecule has 1 atom stereocenters. The maximum atomic E-state index is 13.7. The van der Waals surface area contributed by atoms with Gasteiger partial charge in [0.25, 0.3) is 5.89 Å². The molecule has 178 valence electrons. The number of hydrogen-bond acceptors (Lipinski definition) is 5. The fourth-order valence-corrected chi connectivity index (χ4v) is 4.07. The van der Waals surface area contributed by atoms with Gasteiger partial charge in [-0.15, -0.1) is 0 Å². The van der Waals surface area contributed by atoms with Crippen molar-refractivity contribution in [1.29, 1.82) is 0 Å². The highest BCUT2D eigenvalue weighted by Crippen LogP contribution is 2.37. The summed E-state index contributed by atoms with van der Waals surface area (Å²) in [6, 6.07) is 11.5. The van der Waals surface area contributed by atoms with E-state index in [1.54, 1.807) is 17.0 Å². The Morgan fingerprint density at radius 3 is 2.71 bits per heavy atom. The summed E-state index contributed by atoms with van der Waals surface area (Å²) < 4.78 is 24.8. The van der Waals surface area contributed by atoms with Gasteiger partial charge in [0.1, 0.15) is 5.82 Å². The zero-order chi connectivity index (χ0) is 24.2. The highest BCUT2D eigenvalue weighted by molar-refractivity contribution is 5.87. The maximum absolute atomic E-state index is 13.7. The predicted octanol–water partition coefficient (Wildman–Crippen LogP) is 5.42. The fourth-order valence-electron chi connectivity index (χ4n) is 4.07. The number of urea groups is 1. The molecule has 0 saturated heterocycles. The van der Waals surface area contributed by atoms with Gasteiger partial charge in [0.15, 0.2) is 0 Å². The Hall–Kier alpha value is -3.52. The average Bonchev–Trinajstić information content (AvgIpc) is 3.30. The zero-order valence-corrected chi connectivity index (χ0v) is 19.9. The average molecular weight is 465 g/mol. The number of amides is 2. The Balaban J connectivity index is 1.76. The van der Waals surface area contributed by atoms with Crippen LogP contribution in [0.1, 0.15) is 48.9 Å². The molecule has 4 rings (SSSR count). The van der Waals surface area contributed by atoms with Gasteiger partial charge in [0.2, 0.25) is 5.82 Å². The van der Waals surface area contributed by atoms with Crippen LogP contribution in [0.15, 0.2) is 52.7 Å². The summed E-state index contributed by atoms with van der Waals surface area (Å²) in [6.07, 6.45) is 0.693. The molecule has 1 aliphatic rings. The first kappa shape index (κ1) is 23.6. The third-order valence-corrected chi connectivity index (χ3v) is 6.07. The minimum Gasteiger partial charge on any atom is -0.382 e. The molecule has 0 aliphatic carbocycles. The first-order valence-electron chi connectivity index (χ1n) is 11.4. The number of aryl methyl sites for hydroxylation is 2. The molecule has 34 heavy (non-hydrogen) atoms. The molecule has 0 bridgehead atoms. The first-order valence-corrected chi connectivity index (χ1v) is 11.4. The van der Waals surface area contributed by atoms with Crippen LogP contribution in [-0.4, -0.2) is 40.8 Å². The zero-order valence-electron chi connectivity index (χ0n) is 19.9. The second-order valence-electron chi connectivity index (χ2n) is 8.36. The summed E-state index contributed by atoms with van der Waals surface area (Å²) in [6.45, 7) is 9.59. The van der Waals surface area contributed by atoms with Crippen molar-refractivity contribution in [2.24, 2.45) is 0 Å². The number of benzene rings is 2. The van der Waals surface area contributed by atoms with Crippen molar-refractivity contribution in [3.63, 3.8) is 0 Å². The van der Waals surface area contributed by atoms with E-state index in [9.17, 15) is 9.18 Å². The smallest absolute Gasteiger partial charge is 0.322 e. The van der Waals surface area contributed by atoms with Crippen LogP contribution in [0, 0.1) is 19.7 Å². The molecule has 2 heterocycles. The molecule has 1 unspecified atom stereocenters. The van der Waals surface area contributed by atoms with E-state index < -0.39 is 6.04 Å². The van der Waals surface area contributed by atoms with Crippen molar-refractivity contribution in [2.45, 2.75) is 40.2 Å². The number of halogens is 1. The van der Waals surface area contributed by atoms with Crippen LogP contribution in [-0.2, 0) is 4.74 Å². The van der Waals surface area contributed by atoms with Crippen molar-refractivity contribution in [3.8, 4) is 11.4 Å². The molecule has 8 heteroatoms. The minimum absolute atomic E-state index is 0.189. The summed E-state index contributed by atoms with van der Waals surface area (Å²) >= 11 is 0. The van der Waals surface area contributed by atoms with Crippen LogP contribution in [0.5, 0.6) is 0 Å². The number of ether oxygens (including phenoxy) is 1. The first-order chi connectivity index (χ1) is 16.4. The van der Waals surface area contributed by atoms with E-state index in [0.717, 1.165) is 28.0 Å². The Kier molecular flexibility index (Phi) is 7.07. The van der Waals surface area contributed by atoms with Gasteiger partial charge < -0.3 is 14.6 Å². The molecule has 1 aromatic heterocycles. The number of allylic oxidation sites excluding steroid dienone is 1. The Morgan fingerprint density at radius 1 is 1.15 bits per heavy atom. The Bertz CT molecular complexity index is 1220. The van der Waals surface area contributed by atoms with Gasteiger partial charge in [-0.2, -0.15) is 4.98 Å². The van der Waals surface area contributed by atoms with Gasteiger partial charge in [-0.05, 0) is 62.9 Å². The Labute approximate surface area is 198 Å². The maximum Gasteiger partial charge on any atom is 0.322 e. The highest BCUT2D eigenvalue weighted by Gasteiger charge is 2.35. The molecular weight excluding hydrogens is 435 g/mol. The van der Waals surface area contributed by atoms with Crippen molar-refractivity contribution in [2.75, 3.05) is 19.8 Å². The molecule has 7 nitrogen and oxygen atoms in total. The molecule has 0 saturated carbocycles. The van der Waals surface area contributed by atoms with Crippen LogP contribution in [0.3, 0.4) is 0 Å². The second kappa shape index (κ2) is 10.2. The number of nitrogens with zero attached hydrogens (tertiary/aromatic N) is 3.